The quantitative estimate of drug-likeness (QED) is 0.390. The highest BCUT2D eigenvalue weighted by atomic mass is 19.4. The van der Waals surface area contributed by atoms with E-state index in [9.17, 15) is 43.9 Å². The molecule has 0 radical (unpaired) electrons. The molecule has 0 nitrogen and oxygen atoms in total. The smallest absolute Gasteiger partial charge is 0.207 e. The van der Waals surface area contributed by atoms with Crippen molar-refractivity contribution >= 4 is 0 Å². The molecule has 178 valence electrons. The minimum atomic E-state index is -5.02. The van der Waals surface area contributed by atoms with Crippen LogP contribution in [-0.2, 0) is 30.4 Å². The molecule has 0 bridgehead atoms. The molecule has 0 amide bonds. The molecule has 0 aliphatic rings. The second kappa shape index (κ2) is 8.26. The Morgan fingerprint density at radius 1 is 0.688 bits per heavy atom. The molecule has 0 saturated heterocycles. The summed E-state index contributed by atoms with van der Waals surface area (Å²) in [4.78, 5) is 0. The van der Waals surface area contributed by atoms with Gasteiger partial charge in [0.1, 0.15) is 5.82 Å². The van der Waals surface area contributed by atoms with E-state index < -0.39 is 69.9 Å². The van der Waals surface area contributed by atoms with E-state index in [1.165, 1.54) is 13.8 Å². The van der Waals surface area contributed by atoms with Crippen LogP contribution in [0.4, 0.5) is 43.9 Å². The molecule has 10 heteroatoms. The summed E-state index contributed by atoms with van der Waals surface area (Å²) in [5.74, 6) is -1.77. The highest BCUT2D eigenvalue weighted by molar-refractivity contribution is 5.43. The van der Waals surface area contributed by atoms with Gasteiger partial charge in [0, 0.05) is 0 Å². The standard InChI is InChI=1S/C22H20F10/c1-11(2)14-9-18(23)12(7-16(14)22(30,31)32)10-19(3,4)17-8-13(20(24,25)26)5-6-15(17)21(27,28)29/h5-9,11H,10H2,1-4H3. The van der Waals surface area contributed by atoms with E-state index in [1.54, 1.807) is 0 Å². The second-order valence-corrected chi connectivity index (χ2v) is 8.50. The maximum absolute atomic E-state index is 14.7. The van der Waals surface area contributed by atoms with Crippen molar-refractivity contribution in [3.05, 3.63) is 69.5 Å². The molecule has 0 saturated carbocycles. The lowest BCUT2D eigenvalue weighted by molar-refractivity contribution is -0.142. The van der Waals surface area contributed by atoms with Crippen LogP contribution in [0.1, 0.15) is 67.0 Å². The second-order valence-electron chi connectivity index (χ2n) is 8.50. The summed E-state index contributed by atoms with van der Waals surface area (Å²) < 4.78 is 135. The first-order chi connectivity index (χ1) is 14.2. The van der Waals surface area contributed by atoms with Crippen molar-refractivity contribution in [2.45, 2.75) is 64.0 Å². The van der Waals surface area contributed by atoms with Crippen LogP contribution in [0.15, 0.2) is 30.3 Å². The first-order valence-electron chi connectivity index (χ1n) is 9.43. The lowest BCUT2D eigenvalue weighted by atomic mass is 9.75. The highest BCUT2D eigenvalue weighted by Gasteiger charge is 2.41. The monoisotopic (exact) mass is 474 g/mol. The summed E-state index contributed by atoms with van der Waals surface area (Å²) in [6.07, 6.45) is -15.5. The molecule has 2 aromatic rings. The average molecular weight is 474 g/mol. The lowest BCUT2D eigenvalue weighted by Crippen LogP contribution is -2.27. The number of halogens is 10. The fraction of sp³-hybridized carbons (Fsp3) is 0.455. The van der Waals surface area contributed by atoms with Gasteiger partial charge in [-0.05, 0) is 64.8 Å². The minimum absolute atomic E-state index is 0.277. The van der Waals surface area contributed by atoms with Gasteiger partial charge in [0.2, 0.25) is 0 Å². The Morgan fingerprint density at radius 2 is 1.22 bits per heavy atom. The van der Waals surface area contributed by atoms with Gasteiger partial charge in [0.05, 0.1) is 16.7 Å². The number of hydrogen-bond acceptors (Lipinski definition) is 0. The Bertz CT molecular complexity index is 976. The van der Waals surface area contributed by atoms with Gasteiger partial charge in [-0.15, -0.1) is 0 Å². The van der Waals surface area contributed by atoms with Crippen LogP contribution in [-0.4, -0.2) is 0 Å². The zero-order valence-electron chi connectivity index (χ0n) is 17.5. The lowest BCUT2D eigenvalue weighted by Gasteiger charge is -2.30. The van der Waals surface area contributed by atoms with E-state index in [1.807, 2.05) is 0 Å². The highest BCUT2D eigenvalue weighted by Crippen LogP contribution is 2.43. The Kier molecular flexibility index (Phi) is 6.71. The summed E-state index contributed by atoms with van der Waals surface area (Å²) in [6, 6.07) is 2.07. The molecule has 0 unspecified atom stereocenters. The van der Waals surface area contributed by atoms with Gasteiger partial charge < -0.3 is 0 Å². The largest absolute Gasteiger partial charge is 0.416 e. The third-order valence-corrected chi connectivity index (χ3v) is 5.16. The fourth-order valence-electron chi connectivity index (χ4n) is 3.59. The average Bonchev–Trinajstić information content (AvgIpc) is 2.59. The number of rotatable bonds is 4. The molecule has 0 heterocycles. The molecule has 0 aliphatic carbocycles. The molecular formula is C22H20F10. The van der Waals surface area contributed by atoms with Gasteiger partial charge in [0.15, 0.2) is 0 Å². The zero-order valence-corrected chi connectivity index (χ0v) is 17.5. The van der Waals surface area contributed by atoms with Gasteiger partial charge in [-0.2, -0.15) is 39.5 Å². The van der Waals surface area contributed by atoms with Crippen molar-refractivity contribution < 1.29 is 43.9 Å². The molecule has 0 aliphatic heterocycles. The van der Waals surface area contributed by atoms with Crippen LogP contribution in [0.3, 0.4) is 0 Å². The van der Waals surface area contributed by atoms with Crippen LogP contribution < -0.4 is 0 Å². The van der Waals surface area contributed by atoms with Crippen LogP contribution >= 0.6 is 0 Å². The van der Waals surface area contributed by atoms with Gasteiger partial charge in [-0.1, -0.05) is 27.7 Å². The predicted molar refractivity (Wildman–Crippen MR) is 98.7 cm³/mol. The Hall–Kier alpha value is -2.26. The summed E-state index contributed by atoms with van der Waals surface area (Å²) >= 11 is 0. The van der Waals surface area contributed by atoms with Crippen LogP contribution in [0, 0.1) is 5.82 Å². The fourth-order valence-corrected chi connectivity index (χ4v) is 3.59. The maximum atomic E-state index is 14.7. The summed E-state index contributed by atoms with van der Waals surface area (Å²) in [5, 5.41) is 0. The Balaban J connectivity index is 2.68. The van der Waals surface area contributed by atoms with Crippen molar-refractivity contribution in [1.82, 2.24) is 0 Å². The summed E-state index contributed by atoms with van der Waals surface area (Å²) in [5.41, 5.74) is -7.30. The number of hydrogen-bond donors (Lipinski definition) is 0. The summed E-state index contributed by atoms with van der Waals surface area (Å²) in [6.45, 7) is 5.10. The van der Waals surface area contributed by atoms with E-state index >= 15 is 0 Å². The van der Waals surface area contributed by atoms with E-state index in [-0.39, 0.29) is 17.7 Å². The molecule has 0 spiro atoms. The normalized spacial score (nSPS) is 13.7. The van der Waals surface area contributed by atoms with E-state index in [2.05, 4.69) is 0 Å². The first kappa shape index (κ1) is 26.0. The molecule has 2 rings (SSSR count). The molecule has 0 N–H and O–H groups in total. The van der Waals surface area contributed by atoms with Crippen molar-refractivity contribution in [1.29, 1.82) is 0 Å². The van der Waals surface area contributed by atoms with Gasteiger partial charge in [-0.25, -0.2) is 4.39 Å². The number of alkyl halides is 9. The maximum Gasteiger partial charge on any atom is 0.416 e. The van der Waals surface area contributed by atoms with Crippen molar-refractivity contribution in [2.75, 3.05) is 0 Å². The third kappa shape index (κ3) is 5.56. The van der Waals surface area contributed by atoms with Crippen LogP contribution in [0.25, 0.3) is 0 Å². The molecule has 2 aromatic carbocycles. The van der Waals surface area contributed by atoms with Crippen molar-refractivity contribution in [2.24, 2.45) is 0 Å². The first-order valence-corrected chi connectivity index (χ1v) is 9.43. The molecule has 32 heavy (non-hydrogen) atoms. The van der Waals surface area contributed by atoms with E-state index in [0.717, 1.165) is 13.8 Å². The molecule has 0 atom stereocenters. The van der Waals surface area contributed by atoms with Gasteiger partial charge >= 0.3 is 18.5 Å². The van der Waals surface area contributed by atoms with Gasteiger partial charge in [-0.3, -0.25) is 0 Å². The van der Waals surface area contributed by atoms with Crippen molar-refractivity contribution in [3.63, 3.8) is 0 Å². The molecular weight excluding hydrogens is 454 g/mol. The van der Waals surface area contributed by atoms with Crippen LogP contribution in [0.2, 0.25) is 0 Å². The van der Waals surface area contributed by atoms with Crippen LogP contribution in [0.5, 0.6) is 0 Å². The van der Waals surface area contributed by atoms with E-state index in [0.29, 0.717) is 18.2 Å². The van der Waals surface area contributed by atoms with Crippen molar-refractivity contribution in [3.8, 4) is 0 Å². The van der Waals surface area contributed by atoms with E-state index in [4.69, 9.17) is 0 Å². The molecule has 0 aromatic heterocycles. The molecule has 0 fully saturated rings. The zero-order chi connectivity index (χ0) is 24.9. The number of benzene rings is 2. The topological polar surface area (TPSA) is 0 Å². The Labute approximate surface area is 178 Å². The third-order valence-electron chi connectivity index (χ3n) is 5.16. The van der Waals surface area contributed by atoms with Gasteiger partial charge in [0.25, 0.3) is 0 Å². The minimum Gasteiger partial charge on any atom is -0.207 e. The Morgan fingerprint density at radius 3 is 1.66 bits per heavy atom. The SMILES string of the molecule is CC(C)c1cc(F)c(CC(C)(C)c2cc(C(F)(F)F)ccc2C(F)(F)F)cc1C(F)(F)F. The predicted octanol–water partition coefficient (Wildman–Crippen LogP) is 8.53. The summed E-state index contributed by atoms with van der Waals surface area (Å²) in [7, 11) is 0.